The molecule has 3 aromatic rings. The number of rotatable bonds is 5. The van der Waals surface area contributed by atoms with Crippen molar-refractivity contribution in [1.29, 1.82) is 0 Å². The molecule has 0 radical (unpaired) electrons. The number of amides is 1. The van der Waals surface area contributed by atoms with Crippen LogP contribution in [0.3, 0.4) is 0 Å². The molecule has 8 nitrogen and oxygen atoms in total. The van der Waals surface area contributed by atoms with E-state index in [9.17, 15) is 14.4 Å². The number of unbranched alkanes of at least 4 members (excludes halogenated alkanes) is 1. The number of H-pyrrole nitrogens is 1. The number of aromatic nitrogens is 3. The van der Waals surface area contributed by atoms with Crippen molar-refractivity contribution in [1.82, 2.24) is 18.8 Å². The minimum atomic E-state index is -0.487. The topological polar surface area (TPSA) is 91.3 Å². The molecule has 1 saturated heterocycles. The summed E-state index contributed by atoms with van der Waals surface area (Å²) in [4.78, 5) is 45.2. The van der Waals surface area contributed by atoms with Crippen molar-refractivity contribution in [3.8, 4) is 0 Å². The molecule has 1 fully saturated rings. The monoisotopic (exact) mass is 427 g/mol. The lowest BCUT2D eigenvalue weighted by molar-refractivity contribution is 0.0753. The number of benzene rings is 1. The number of carbonyl (C=O) groups excluding carboxylic acids is 1. The van der Waals surface area contributed by atoms with Crippen molar-refractivity contribution in [3.63, 3.8) is 0 Å². The van der Waals surface area contributed by atoms with Gasteiger partial charge in [0.15, 0.2) is 5.52 Å². The summed E-state index contributed by atoms with van der Waals surface area (Å²) in [6, 6.07) is 8.36. The molecule has 1 amide bonds. The van der Waals surface area contributed by atoms with Crippen LogP contribution in [0.25, 0.3) is 11.0 Å². The highest BCUT2D eigenvalue weighted by atomic mass is 32.1. The number of carbonyl (C=O) groups is 1. The summed E-state index contributed by atoms with van der Waals surface area (Å²) in [5, 5.41) is 0. The average Bonchev–Trinajstić information content (AvgIpc) is 3.18. The van der Waals surface area contributed by atoms with Crippen molar-refractivity contribution < 1.29 is 4.79 Å². The number of aryl methyl sites for hydroxylation is 1. The van der Waals surface area contributed by atoms with E-state index in [1.54, 1.807) is 4.90 Å². The fourth-order valence-electron chi connectivity index (χ4n) is 3.68. The quantitative estimate of drug-likeness (QED) is 0.674. The largest absolute Gasteiger partial charge is 0.368 e. The predicted octanol–water partition coefficient (Wildman–Crippen LogP) is 2.22. The average molecular weight is 428 g/mol. The molecule has 3 heterocycles. The maximum Gasteiger partial charge on any atom is 0.328 e. The normalized spacial score (nSPS) is 14.5. The standard InChI is InChI=1S/C21H25N5O3S/c1-3-4-9-26-19(27)17-16(22-21(26)29)18(30-23-17)20(28)25-12-10-24(11-13-25)15-7-5-14(2)6-8-15/h5-8H,3-4,9-13H2,1-2H3,(H,22,29). The fraction of sp³-hybridized carbons (Fsp3) is 0.429. The van der Waals surface area contributed by atoms with E-state index in [0.717, 1.165) is 43.2 Å². The third-order valence-corrected chi connectivity index (χ3v) is 6.35. The Kier molecular flexibility index (Phi) is 5.72. The summed E-state index contributed by atoms with van der Waals surface area (Å²) < 4.78 is 5.36. The summed E-state index contributed by atoms with van der Waals surface area (Å²) in [6.45, 7) is 7.01. The van der Waals surface area contributed by atoms with Gasteiger partial charge in [-0.2, -0.15) is 4.37 Å². The lowest BCUT2D eigenvalue weighted by Gasteiger charge is -2.36. The summed E-state index contributed by atoms with van der Waals surface area (Å²) in [6.07, 6.45) is 1.61. The predicted molar refractivity (Wildman–Crippen MR) is 119 cm³/mol. The van der Waals surface area contributed by atoms with Crippen molar-refractivity contribution in [2.75, 3.05) is 31.1 Å². The molecule has 4 rings (SSSR count). The Hall–Kier alpha value is -2.94. The van der Waals surface area contributed by atoms with Crippen LogP contribution in [-0.2, 0) is 6.54 Å². The summed E-state index contributed by atoms with van der Waals surface area (Å²) in [7, 11) is 0. The maximum atomic E-state index is 13.1. The summed E-state index contributed by atoms with van der Waals surface area (Å²) >= 11 is 0.980. The zero-order valence-electron chi connectivity index (χ0n) is 17.2. The van der Waals surface area contributed by atoms with E-state index in [4.69, 9.17) is 0 Å². The third-order valence-electron chi connectivity index (χ3n) is 5.51. The minimum absolute atomic E-state index is 0.164. The van der Waals surface area contributed by atoms with Gasteiger partial charge >= 0.3 is 5.69 Å². The molecule has 0 unspecified atom stereocenters. The first-order valence-electron chi connectivity index (χ1n) is 10.2. The van der Waals surface area contributed by atoms with Gasteiger partial charge in [0.25, 0.3) is 11.5 Å². The Bertz CT molecular complexity index is 1170. The lowest BCUT2D eigenvalue weighted by atomic mass is 10.2. The van der Waals surface area contributed by atoms with Crippen LogP contribution >= 0.6 is 11.5 Å². The molecule has 30 heavy (non-hydrogen) atoms. The molecule has 0 bridgehead atoms. The van der Waals surface area contributed by atoms with Gasteiger partial charge in [0, 0.05) is 38.4 Å². The van der Waals surface area contributed by atoms with Crippen LogP contribution in [0.2, 0.25) is 0 Å². The fourth-order valence-corrected chi connectivity index (χ4v) is 4.48. The Morgan fingerprint density at radius 1 is 1.13 bits per heavy atom. The van der Waals surface area contributed by atoms with Gasteiger partial charge in [0.05, 0.1) is 5.52 Å². The molecule has 0 saturated carbocycles. The highest BCUT2D eigenvalue weighted by molar-refractivity contribution is 7.09. The second kappa shape index (κ2) is 8.43. The van der Waals surface area contributed by atoms with E-state index < -0.39 is 11.2 Å². The van der Waals surface area contributed by atoms with Crippen molar-refractivity contribution in [2.24, 2.45) is 0 Å². The Morgan fingerprint density at radius 3 is 2.50 bits per heavy atom. The number of hydrogen-bond acceptors (Lipinski definition) is 6. The van der Waals surface area contributed by atoms with Gasteiger partial charge in [-0.1, -0.05) is 31.0 Å². The maximum absolute atomic E-state index is 13.1. The smallest absolute Gasteiger partial charge is 0.328 e. The zero-order chi connectivity index (χ0) is 21.3. The number of aromatic amines is 1. The van der Waals surface area contributed by atoms with Gasteiger partial charge in [-0.05, 0) is 37.0 Å². The summed E-state index contributed by atoms with van der Waals surface area (Å²) in [5.41, 5.74) is 1.87. The van der Waals surface area contributed by atoms with Gasteiger partial charge in [-0.15, -0.1) is 0 Å². The molecule has 1 aliphatic heterocycles. The van der Waals surface area contributed by atoms with Crippen LogP contribution in [0.5, 0.6) is 0 Å². The highest BCUT2D eigenvalue weighted by Gasteiger charge is 2.27. The molecule has 0 aliphatic carbocycles. The Labute approximate surface area is 177 Å². The molecule has 1 aromatic carbocycles. The first-order chi connectivity index (χ1) is 14.5. The molecule has 0 spiro atoms. The second-order valence-electron chi connectivity index (χ2n) is 7.59. The number of fused-ring (bicyclic) bond motifs is 1. The lowest BCUT2D eigenvalue weighted by Crippen LogP contribution is -2.48. The van der Waals surface area contributed by atoms with Crippen molar-refractivity contribution in [2.45, 2.75) is 33.2 Å². The number of anilines is 1. The molecule has 158 valence electrons. The van der Waals surface area contributed by atoms with Crippen LogP contribution in [0.4, 0.5) is 5.69 Å². The van der Waals surface area contributed by atoms with E-state index in [0.29, 0.717) is 24.5 Å². The second-order valence-corrected chi connectivity index (χ2v) is 8.36. The van der Waals surface area contributed by atoms with Gasteiger partial charge in [0.2, 0.25) is 0 Å². The number of nitrogens with zero attached hydrogens (tertiary/aromatic N) is 4. The number of hydrogen-bond donors (Lipinski definition) is 1. The molecule has 0 atom stereocenters. The first kappa shape index (κ1) is 20.3. The Morgan fingerprint density at radius 2 is 1.83 bits per heavy atom. The molecule has 2 aromatic heterocycles. The van der Waals surface area contributed by atoms with E-state index in [2.05, 4.69) is 45.4 Å². The van der Waals surface area contributed by atoms with Crippen LogP contribution in [0.1, 0.15) is 35.0 Å². The molecule has 1 N–H and O–H groups in total. The van der Waals surface area contributed by atoms with Crippen molar-refractivity contribution in [3.05, 3.63) is 55.5 Å². The zero-order valence-corrected chi connectivity index (χ0v) is 18.0. The summed E-state index contributed by atoms with van der Waals surface area (Å²) in [5.74, 6) is -0.188. The number of nitrogens with one attached hydrogen (secondary N) is 1. The van der Waals surface area contributed by atoms with Crippen LogP contribution < -0.4 is 16.1 Å². The van der Waals surface area contributed by atoms with Crippen molar-refractivity contribution >= 4 is 34.2 Å². The van der Waals surface area contributed by atoms with E-state index in [1.807, 2.05) is 6.92 Å². The molecule has 1 aliphatic rings. The Balaban J connectivity index is 1.53. The van der Waals surface area contributed by atoms with E-state index in [-0.39, 0.29) is 16.9 Å². The van der Waals surface area contributed by atoms with Gasteiger partial charge < -0.3 is 14.8 Å². The molecular weight excluding hydrogens is 402 g/mol. The van der Waals surface area contributed by atoms with Crippen LogP contribution in [0, 0.1) is 6.92 Å². The van der Waals surface area contributed by atoms with Gasteiger partial charge in [-0.3, -0.25) is 14.2 Å². The third kappa shape index (κ3) is 3.77. The van der Waals surface area contributed by atoms with Gasteiger partial charge in [0.1, 0.15) is 4.88 Å². The van der Waals surface area contributed by atoms with Crippen LogP contribution in [-0.4, -0.2) is 50.9 Å². The molecular formula is C21H25N5O3S. The first-order valence-corrected chi connectivity index (χ1v) is 11.0. The SMILES string of the molecule is CCCCn1c(=O)[nH]c2c(C(=O)N3CCN(c4ccc(C)cc4)CC3)snc2c1=O. The molecule has 9 heteroatoms. The van der Waals surface area contributed by atoms with E-state index >= 15 is 0 Å². The van der Waals surface area contributed by atoms with E-state index in [1.165, 1.54) is 10.1 Å². The highest BCUT2D eigenvalue weighted by Crippen LogP contribution is 2.22. The van der Waals surface area contributed by atoms with Gasteiger partial charge in [-0.25, -0.2) is 4.79 Å². The number of piperazine rings is 1. The minimum Gasteiger partial charge on any atom is -0.368 e. The van der Waals surface area contributed by atoms with Crippen LogP contribution in [0.15, 0.2) is 33.9 Å².